The lowest BCUT2D eigenvalue weighted by Gasteiger charge is -2.36. The van der Waals surface area contributed by atoms with Crippen LogP contribution in [0.4, 0.5) is 23.1 Å². The van der Waals surface area contributed by atoms with Gasteiger partial charge in [-0.1, -0.05) is 35.9 Å². The van der Waals surface area contributed by atoms with Crippen LogP contribution < -0.4 is 15.1 Å². The minimum atomic E-state index is 0.617. The Labute approximate surface area is 158 Å². The van der Waals surface area contributed by atoms with Crippen molar-refractivity contribution in [1.29, 1.82) is 0 Å². The summed E-state index contributed by atoms with van der Waals surface area (Å²) in [6.45, 7) is 3.69. The largest absolute Gasteiger partial charge is 0.368 e. The average Bonchev–Trinajstić information content (AvgIpc) is 2.69. The van der Waals surface area contributed by atoms with Crippen molar-refractivity contribution in [2.24, 2.45) is 0 Å². The Morgan fingerprint density at radius 3 is 2.38 bits per heavy atom. The van der Waals surface area contributed by atoms with Crippen molar-refractivity contribution in [2.75, 3.05) is 41.3 Å². The first kappa shape index (κ1) is 16.7. The molecule has 1 fully saturated rings. The average molecular weight is 366 g/mol. The third-order valence-corrected chi connectivity index (χ3v) is 4.68. The monoisotopic (exact) mass is 365 g/mol. The van der Waals surface area contributed by atoms with Gasteiger partial charge in [-0.05, 0) is 36.4 Å². The van der Waals surface area contributed by atoms with E-state index < -0.39 is 0 Å². The van der Waals surface area contributed by atoms with E-state index in [1.54, 1.807) is 6.20 Å². The van der Waals surface area contributed by atoms with Crippen molar-refractivity contribution < 1.29 is 0 Å². The number of aromatic nitrogens is 2. The smallest absolute Gasteiger partial charge is 0.229 e. The molecule has 5 nitrogen and oxygen atoms in total. The Balaban J connectivity index is 1.42. The second kappa shape index (κ2) is 7.62. The molecule has 0 amide bonds. The predicted molar refractivity (Wildman–Crippen MR) is 108 cm³/mol. The van der Waals surface area contributed by atoms with E-state index in [0.29, 0.717) is 5.95 Å². The zero-order valence-corrected chi connectivity index (χ0v) is 15.1. The van der Waals surface area contributed by atoms with Gasteiger partial charge in [0, 0.05) is 48.8 Å². The molecule has 1 aromatic heterocycles. The SMILES string of the molecule is Clc1cccc(N2CCN(c3ccnc(Nc4ccccc4)n3)CC2)c1. The van der Waals surface area contributed by atoms with Crippen LogP contribution in [0.15, 0.2) is 66.9 Å². The number of para-hydroxylation sites is 1. The normalized spacial score (nSPS) is 14.3. The minimum absolute atomic E-state index is 0.617. The number of halogens is 1. The summed E-state index contributed by atoms with van der Waals surface area (Å²) in [5.41, 5.74) is 2.15. The van der Waals surface area contributed by atoms with Crippen LogP contribution in [-0.2, 0) is 0 Å². The maximum Gasteiger partial charge on any atom is 0.229 e. The molecule has 3 aromatic rings. The first-order valence-electron chi connectivity index (χ1n) is 8.68. The van der Waals surface area contributed by atoms with E-state index in [9.17, 15) is 0 Å². The number of piperazine rings is 1. The summed E-state index contributed by atoms with van der Waals surface area (Å²) < 4.78 is 0. The number of nitrogens with zero attached hydrogens (tertiary/aromatic N) is 4. The van der Waals surface area contributed by atoms with Crippen molar-refractivity contribution in [3.8, 4) is 0 Å². The molecule has 0 atom stereocenters. The lowest BCUT2D eigenvalue weighted by atomic mass is 10.2. The van der Waals surface area contributed by atoms with Crippen molar-refractivity contribution in [3.63, 3.8) is 0 Å². The van der Waals surface area contributed by atoms with Gasteiger partial charge in [0.05, 0.1) is 0 Å². The molecule has 0 saturated carbocycles. The first-order chi connectivity index (χ1) is 12.8. The third-order valence-electron chi connectivity index (χ3n) is 4.45. The number of nitrogens with one attached hydrogen (secondary N) is 1. The summed E-state index contributed by atoms with van der Waals surface area (Å²) >= 11 is 6.11. The van der Waals surface area contributed by atoms with Crippen LogP contribution >= 0.6 is 11.6 Å². The molecular weight excluding hydrogens is 346 g/mol. The quantitative estimate of drug-likeness (QED) is 0.750. The molecule has 0 radical (unpaired) electrons. The van der Waals surface area contributed by atoms with Gasteiger partial charge in [-0.25, -0.2) is 4.98 Å². The summed E-state index contributed by atoms with van der Waals surface area (Å²) in [7, 11) is 0. The highest BCUT2D eigenvalue weighted by molar-refractivity contribution is 6.30. The van der Waals surface area contributed by atoms with Crippen molar-refractivity contribution in [2.45, 2.75) is 0 Å². The van der Waals surface area contributed by atoms with Crippen LogP contribution in [-0.4, -0.2) is 36.1 Å². The topological polar surface area (TPSA) is 44.3 Å². The lowest BCUT2D eigenvalue weighted by molar-refractivity contribution is 0.647. The van der Waals surface area contributed by atoms with Crippen LogP contribution in [0.3, 0.4) is 0 Å². The molecule has 4 rings (SSSR count). The summed E-state index contributed by atoms with van der Waals surface area (Å²) in [6, 6.07) is 20.0. The molecule has 0 unspecified atom stereocenters. The number of rotatable bonds is 4. The van der Waals surface area contributed by atoms with Gasteiger partial charge in [-0.3, -0.25) is 0 Å². The molecule has 2 heterocycles. The van der Waals surface area contributed by atoms with Crippen LogP contribution in [0.2, 0.25) is 5.02 Å². The number of hydrogen-bond acceptors (Lipinski definition) is 5. The molecule has 1 N–H and O–H groups in total. The Morgan fingerprint density at radius 2 is 1.62 bits per heavy atom. The zero-order chi connectivity index (χ0) is 17.8. The van der Waals surface area contributed by atoms with E-state index in [0.717, 1.165) is 42.7 Å². The van der Waals surface area contributed by atoms with Crippen molar-refractivity contribution in [1.82, 2.24) is 9.97 Å². The highest BCUT2D eigenvalue weighted by atomic mass is 35.5. The fourth-order valence-electron chi connectivity index (χ4n) is 3.10. The van der Waals surface area contributed by atoms with E-state index in [1.807, 2.05) is 54.6 Å². The van der Waals surface area contributed by atoms with Crippen LogP contribution in [0, 0.1) is 0 Å². The van der Waals surface area contributed by atoms with E-state index in [1.165, 1.54) is 5.69 Å². The number of hydrogen-bond donors (Lipinski definition) is 1. The van der Waals surface area contributed by atoms with Gasteiger partial charge in [0.25, 0.3) is 0 Å². The minimum Gasteiger partial charge on any atom is -0.368 e. The van der Waals surface area contributed by atoms with E-state index in [4.69, 9.17) is 11.6 Å². The molecule has 26 heavy (non-hydrogen) atoms. The van der Waals surface area contributed by atoms with E-state index >= 15 is 0 Å². The summed E-state index contributed by atoms with van der Waals surface area (Å²) in [5.74, 6) is 1.56. The Kier molecular flexibility index (Phi) is 4.88. The maximum atomic E-state index is 6.11. The molecule has 132 valence electrons. The standard InChI is InChI=1S/C20H20ClN5/c21-16-5-4-8-18(15-16)25-11-13-26(14-12-25)19-9-10-22-20(24-19)23-17-6-2-1-3-7-17/h1-10,15H,11-14H2,(H,22,23,24). The second-order valence-electron chi connectivity index (χ2n) is 6.18. The zero-order valence-electron chi connectivity index (χ0n) is 14.3. The molecule has 0 bridgehead atoms. The first-order valence-corrected chi connectivity index (χ1v) is 9.06. The molecule has 0 spiro atoms. The molecule has 1 aliphatic heterocycles. The van der Waals surface area contributed by atoms with Gasteiger partial charge < -0.3 is 15.1 Å². The molecule has 0 aliphatic carbocycles. The highest BCUT2D eigenvalue weighted by Crippen LogP contribution is 2.23. The Bertz CT molecular complexity index is 863. The lowest BCUT2D eigenvalue weighted by Crippen LogP contribution is -2.46. The highest BCUT2D eigenvalue weighted by Gasteiger charge is 2.19. The number of anilines is 4. The van der Waals surface area contributed by atoms with Crippen LogP contribution in [0.1, 0.15) is 0 Å². The van der Waals surface area contributed by atoms with Crippen molar-refractivity contribution >= 4 is 34.7 Å². The Morgan fingerprint density at radius 1 is 0.846 bits per heavy atom. The third kappa shape index (κ3) is 3.89. The van der Waals surface area contributed by atoms with E-state index in [-0.39, 0.29) is 0 Å². The number of benzene rings is 2. The predicted octanol–water partition coefficient (Wildman–Crippen LogP) is 4.20. The fraction of sp³-hybridized carbons (Fsp3) is 0.200. The molecule has 2 aromatic carbocycles. The molecule has 1 saturated heterocycles. The molecular formula is C20H20ClN5. The second-order valence-corrected chi connectivity index (χ2v) is 6.62. The molecule has 6 heteroatoms. The van der Waals surface area contributed by atoms with Gasteiger partial charge in [0.15, 0.2) is 0 Å². The molecule has 1 aliphatic rings. The summed E-state index contributed by atoms with van der Waals surface area (Å²) in [5, 5.41) is 4.03. The van der Waals surface area contributed by atoms with Gasteiger partial charge in [-0.2, -0.15) is 4.98 Å². The van der Waals surface area contributed by atoms with Gasteiger partial charge in [0.1, 0.15) is 5.82 Å². The van der Waals surface area contributed by atoms with Gasteiger partial charge >= 0.3 is 0 Å². The van der Waals surface area contributed by atoms with Crippen LogP contribution in [0.25, 0.3) is 0 Å². The van der Waals surface area contributed by atoms with Gasteiger partial charge in [-0.15, -0.1) is 0 Å². The van der Waals surface area contributed by atoms with Crippen LogP contribution in [0.5, 0.6) is 0 Å². The summed E-state index contributed by atoms with van der Waals surface area (Å²) in [4.78, 5) is 13.6. The summed E-state index contributed by atoms with van der Waals surface area (Å²) in [6.07, 6.45) is 1.80. The van der Waals surface area contributed by atoms with E-state index in [2.05, 4.69) is 31.2 Å². The fourth-order valence-corrected chi connectivity index (χ4v) is 3.29. The van der Waals surface area contributed by atoms with Crippen molar-refractivity contribution in [3.05, 3.63) is 71.9 Å². The Hall–Kier alpha value is -2.79. The maximum absolute atomic E-state index is 6.11. The van der Waals surface area contributed by atoms with Gasteiger partial charge in [0.2, 0.25) is 5.95 Å².